The summed E-state index contributed by atoms with van der Waals surface area (Å²) in [7, 11) is 0. The Morgan fingerprint density at radius 2 is 2.00 bits per heavy atom. The molecule has 0 saturated carbocycles. The molecule has 6 nitrogen and oxygen atoms in total. The minimum Gasteiger partial charge on any atom is -0.480 e. The first-order chi connectivity index (χ1) is 7.80. The van der Waals surface area contributed by atoms with Crippen LogP contribution in [0.3, 0.4) is 0 Å². The second kappa shape index (κ2) is 5.77. The molecule has 0 aromatic heterocycles. The van der Waals surface area contributed by atoms with Crippen molar-refractivity contribution in [3.63, 3.8) is 0 Å². The molecule has 0 spiro atoms. The van der Waals surface area contributed by atoms with Crippen LogP contribution < -0.4 is 5.32 Å². The van der Waals surface area contributed by atoms with Gasteiger partial charge in [-0.1, -0.05) is 13.8 Å². The highest BCUT2D eigenvalue weighted by Gasteiger charge is 2.30. The number of aliphatic hydroxyl groups excluding tert-OH is 1. The van der Waals surface area contributed by atoms with E-state index in [1.165, 1.54) is 6.92 Å². The zero-order valence-corrected chi connectivity index (χ0v) is 10.5. The number of carboxylic acid groups (broad SMARTS) is 1. The van der Waals surface area contributed by atoms with Crippen LogP contribution in [-0.4, -0.2) is 48.0 Å². The molecule has 1 saturated heterocycles. The highest BCUT2D eigenvalue weighted by atomic mass is 16.7. The summed E-state index contributed by atoms with van der Waals surface area (Å²) in [6, 6.07) is -0.801. The van der Waals surface area contributed by atoms with Gasteiger partial charge in [-0.3, -0.25) is 10.1 Å². The van der Waals surface area contributed by atoms with Crippen molar-refractivity contribution in [2.75, 3.05) is 13.2 Å². The Morgan fingerprint density at radius 1 is 1.47 bits per heavy atom. The Hall–Kier alpha value is -0.690. The monoisotopic (exact) mass is 247 g/mol. The summed E-state index contributed by atoms with van der Waals surface area (Å²) in [5.41, 5.74) is -0.0107. The summed E-state index contributed by atoms with van der Waals surface area (Å²) in [6.07, 6.45) is -1.22. The van der Waals surface area contributed by atoms with Crippen molar-refractivity contribution in [1.29, 1.82) is 0 Å². The zero-order valence-electron chi connectivity index (χ0n) is 10.5. The first-order valence-corrected chi connectivity index (χ1v) is 5.70. The van der Waals surface area contributed by atoms with Gasteiger partial charge in [0.15, 0.2) is 6.29 Å². The van der Waals surface area contributed by atoms with E-state index in [0.717, 1.165) is 0 Å². The van der Waals surface area contributed by atoms with E-state index in [1.807, 2.05) is 13.8 Å². The molecule has 6 heteroatoms. The van der Waals surface area contributed by atoms with Gasteiger partial charge in [0.1, 0.15) is 12.3 Å². The lowest BCUT2D eigenvalue weighted by Gasteiger charge is -2.35. The fraction of sp³-hybridized carbons (Fsp3) is 0.909. The molecule has 3 N–H and O–H groups in total. The van der Waals surface area contributed by atoms with Gasteiger partial charge in [0.05, 0.1) is 13.2 Å². The molecule has 0 radical (unpaired) electrons. The molecule has 1 fully saturated rings. The molecule has 1 heterocycles. The summed E-state index contributed by atoms with van der Waals surface area (Å²) in [4.78, 5) is 10.6. The van der Waals surface area contributed by atoms with Gasteiger partial charge in [0.2, 0.25) is 0 Å². The normalized spacial score (nSPS) is 24.2. The third-order valence-corrected chi connectivity index (χ3v) is 2.55. The van der Waals surface area contributed by atoms with Crippen molar-refractivity contribution in [2.45, 2.75) is 45.8 Å². The minimum atomic E-state index is -1.00. The molecule has 1 rings (SSSR count). The largest absolute Gasteiger partial charge is 0.480 e. The first-order valence-electron chi connectivity index (χ1n) is 5.70. The van der Waals surface area contributed by atoms with Crippen molar-refractivity contribution in [2.24, 2.45) is 5.41 Å². The molecule has 1 aliphatic rings. The second-order valence-electron chi connectivity index (χ2n) is 5.19. The number of hydrogen-bond acceptors (Lipinski definition) is 5. The van der Waals surface area contributed by atoms with Crippen LogP contribution >= 0.6 is 0 Å². The molecule has 1 aliphatic heterocycles. The van der Waals surface area contributed by atoms with Crippen LogP contribution in [0.4, 0.5) is 0 Å². The number of carbonyl (C=O) groups is 1. The number of nitrogens with one attached hydrogen (secondary N) is 1. The number of aliphatic carboxylic acids is 1. The highest BCUT2D eigenvalue weighted by molar-refractivity contribution is 5.72. The maximum Gasteiger partial charge on any atom is 0.320 e. The van der Waals surface area contributed by atoms with Crippen molar-refractivity contribution < 1.29 is 24.5 Å². The molecular weight excluding hydrogens is 226 g/mol. The molecule has 1 unspecified atom stereocenters. The lowest BCUT2D eigenvalue weighted by atomic mass is 9.95. The van der Waals surface area contributed by atoms with Crippen molar-refractivity contribution in [1.82, 2.24) is 5.32 Å². The Balaban J connectivity index is 2.28. The average molecular weight is 247 g/mol. The molecule has 2 atom stereocenters. The quantitative estimate of drug-likeness (QED) is 0.600. The zero-order chi connectivity index (χ0) is 13.1. The number of ether oxygens (including phenoxy) is 2. The molecule has 100 valence electrons. The summed E-state index contributed by atoms with van der Waals surface area (Å²) >= 11 is 0. The van der Waals surface area contributed by atoms with Gasteiger partial charge >= 0.3 is 5.97 Å². The Bertz CT molecular complexity index is 259. The van der Waals surface area contributed by atoms with Crippen LogP contribution in [0.2, 0.25) is 0 Å². The van der Waals surface area contributed by atoms with E-state index in [9.17, 15) is 9.90 Å². The summed E-state index contributed by atoms with van der Waals surface area (Å²) in [6.45, 7) is 6.67. The Morgan fingerprint density at radius 3 is 2.47 bits per heavy atom. The highest BCUT2D eigenvalue weighted by Crippen LogP contribution is 2.24. The maximum atomic E-state index is 10.6. The van der Waals surface area contributed by atoms with Crippen LogP contribution in [0.25, 0.3) is 0 Å². The molecular formula is C11H21NO5. The fourth-order valence-corrected chi connectivity index (χ4v) is 1.47. The lowest BCUT2D eigenvalue weighted by molar-refractivity contribution is -0.232. The van der Waals surface area contributed by atoms with E-state index in [0.29, 0.717) is 13.2 Å². The van der Waals surface area contributed by atoms with Crippen LogP contribution in [0.5, 0.6) is 0 Å². The Labute approximate surface area is 101 Å². The minimum absolute atomic E-state index is 0.0107. The average Bonchev–Trinajstić information content (AvgIpc) is 2.21. The Kier molecular flexibility index (Phi) is 4.88. The predicted octanol–water partition coefficient (Wildman–Crippen LogP) is 0.157. The van der Waals surface area contributed by atoms with E-state index < -0.39 is 24.5 Å². The topological polar surface area (TPSA) is 88.0 Å². The number of rotatable bonds is 5. The van der Waals surface area contributed by atoms with E-state index >= 15 is 0 Å². The third kappa shape index (κ3) is 4.99. The van der Waals surface area contributed by atoms with Crippen LogP contribution in [0.15, 0.2) is 0 Å². The van der Waals surface area contributed by atoms with E-state index in [4.69, 9.17) is 14.6 Å². The van der Waals surface area contributed by atoms with Gasteiger partial charge < -0.3 is 19.7 Å². The van der Waals surface area contributed by atoms with E-state index in [2.05, 4.69) is 5.32 Å². The van der Waals surface area contributed by atoms with Crippen molar-refractivity contribution in [3.8, 4) is 0 Å². The molecule has 0 aromatic carbocycles. The van der Waals surface area contributed by atoms with Crippen LogP contribution in [-0.2, 0) is 14.3 Å². The first kappa shape index (κ1) is 14.4. The van der Waals surface area contributed by atoms with Gasteiger partial charge in [-0.05, 0) is 6.92 Å². The molecule has 0 aliphatic carbocycles. The molecule has 0 amide bonds. The van der Waals surface area contributed by atoms with Gasteiger partial charge in [-0.2, -0.15) is 0 Å². The predicted molar refractivity (Wildman–Crippen MR) is 60.3 cm³/mol. The third-order valence-electron chi connectivity index (χ3n) is 2.55. The molecule has 0 bridgehead atoms. The van der Waals surface area contributed by atoms with Gasteiger partial charge in [-0.15, -0.1) is 0 Å². The number of aliphatic hydroxyl groups is 1. The standard InChI is InChI=1S/C11H21NO5/c1-7(10(14)15)12-8(13)4-9-16-5-11(2,3)6-17-9/h7-9,12-13H,4-6H2,1-3H3,(H,14,15)/t7-,8?/m0/s1. The second-order valence-corrected chi connectivity index (χ2v) is 5.19. The fourth-order valence-electron chi connectivity index (χ4n) is 1.47. The molecule has 0 aromatic rings. The maximum absolute atomic E-state index is 10.6. The van der Waals surface area contributed by atoms with Gasteiger partial charge in [0.25, 0.3) is 0 Å². The SMILES string of the molecule is C[C@H](NC(O)CC1OCC(C)(C)CO1)C(=O)O. The van der Waals surface area contributed by atoms with Crippen LogP contribution in [0, 0.1) is 5.41 Å². The molecule has 17 heavy (non-hydrogen) atoms. The van der Waals surface area contributed by atoms with Crippen molar-refractivity contribution >= 4 is 5.97 Å². The summed E-state index contributed by atoms with van der Waals surface area (Å²) < 4.78 is 10.9. The van der Waals surface area contributed by atoms with E-state index in [1.54, 1.807) is 0 Å². The van der Waals surface area contributed by atoms with E-state index in [-0.39, 0.29) is 11.8 Å². The van der Waals surface area contributed by atoms with Gasteiger partial charge in [0, 0.05) is 11.8 Å². The lowest BCUT2D eigenvalue weighted by Crippen LogP contribution is -2.45. The van der Waals surface area contributed by atoms with Crippen LogP contribution in [0.1, 0.15) is 27.2 Å². The van der Waals surface area contributed by atoms with Crippen molar-refractivity contribution in [3.05, 3.63) is 0 Å². The summed E-state index contributed by atoms with van der Waals surface area (Å²) in [5.74, 6) is -1.00. The summed E-state index contributed by atoms with van der Waals surface area (Å²) in [5, 5.41) is 20.8. The smallest absolute Gasteiger partial charge is 0.320 e. The number of carboxylic acids is 1. The van der Waals surface area contributed by atoms with Gasteiger partial charge in [-0.25, -0.2) is 0 Å². The number of hydrogen-bond donors (Lipinski definition) is 3.